The van der Waals surface area contributed by atoms with E-state index in [1.807, 2.05) is 6.92 Å². The number of aromatic nitrogens is 1. The van der Waals surface area contributed by atoms with E-state index >= 15 is 0 Å². The minimum atomic E-state index is -4.43. The smallest absolute Gasteiger partial charge is 0.388 e. The maximum absolute atomic E-state index is 13.0. The van der Waals surface area contributed by atoms with E-state index in [1.165, 1.54) is 18.6 Å². The lowest BCUT2D eigenvalue weighted by Crippen LogP contribution is -2.38. The Labute approximate surface area is 191 Å². The SMILES string of the molecule is Cc1c([C@H](O)c2ccc(C(F)(F)F)cc2)c(C2CCOCC2)nc2c1[C@@H](O)CC1(CCC1)C2. The van der Waals surface area contributed by atoms with Gasteiger partial charge in [0.1, 0.15) is 6.10 Å². The molecule has 178 valence electrons. The molecule has 1 aromatic carbocycles. The number of fused-ring (bicyclic) bond motifs is 1. The summed E-state index contributed by atoms with van der Waals surface area (Å²) in [7, 11) is 0. The number of pyridine rings is 1. The van der Waals surface area contributed by atoms with Gasteiger partial charge in [-0.2, -0.15) is 13.2 Å². The van der Waals surface area contributed by atoms with Gasteiger partial charge in [-0.3, -0.25) is 4.98 Å². The van der Waals surface area contributed by atoms with Gasteiger partial charge in [0.25, 0.3) is 0 Å². The van der Waals surface area contributed by atoms with Crippen LogP contribution in [0.4, 0.5) is 13.2 Å². The highest BCUT2D eigenvalue weighted by atomic mass is 19.4. The summed E-state index contributed by atoms with van der Waals surface area (Å²) < 4.78 is 44.6. The first kappa shape index (κ1) is 22.8. The van der Waals surface area contributed by atoms with Crippen molar-refractivity contribution in [3.63, 3.8) is 0 Å². The molecular formula is C26H30F3NO3. The number of halogens is 3. The van der Waals surface area contributed by atoms with Gasteiger partial charge >= 0.3 is 6.18 Å². The largest absolute Gasteiger partial charge is 0.416 e. The van der Waals surface area contributed by atoms with E-state index in [9.17, 15) is 23.4 Å². The summed E-state index contributed by atoms with van der Waals surface area (Å²) in [5, 5.41) is 22.5. The average Bonchev–Trinajstić information content (AvgIpc) is 2.77. The van der Waals surface area contributed by atoms with E-state index in [1.54, 1.807) is 0 Å². The Morgan fingerprint density at radius 1 is 1.12 bits per heavy atom. The molecule has 1 saturated carbocycles. The van der Waals surface area contributed by atoms with Crippen LogP contribution < -0.4 is 0 Å². The molecule has 0 unspecified atom stereocenters. The van der Waals surface area contributed by atoms with Gasteiger partial charge in [0, 0.05) is 36.0 Å². The van der Waals surface area contributed by atoms with Crippen LogP contribution in [0.1, 0.15) is 95.9 Å². The molecule has 2 heterocycles. The molecule has 7 heteroatoms. The molecule has 1 spiro atoms. The van der Waals surface area contributed by atoms with Crippen LogP contribution in [-0.4, -0.2) is 28.4 Å². The highest BCUT2D eigenvalue weighted by Gasteiger charge is 2.45. The quantitative estimate of drug-likeness (QED) is 0.631. The van der Waals surface area contributed by atoms with E-state index in [-0.39, 0.29) is 11.3 Å². The first-order chi connectivity index (χ1) is 15.7. The lowest BCUT2D eigenvalue weighted by Gasteiger charge is -2.47. The summed E-state index contributed by atoms with van der Waals surface area (Å²) in [6, 6.07) is 4.67. The number of benzene rings is 1. The van der Waals surface area contributed by atoms with Gasteiger partial charge in [0.2, 0.25) is 0 Å². The standard InChI is InChI=1S/C26H30F3NO3/c1-15-21-19(13-25(9-2-10-25)14-20(21)31)30-23(16-7-11-33-12-8-16)22(15)24(32)17-3-5-18(6-4-17)26(27,28)29/h3-6,16,20,24,31-32H,2,7-14H2,1H3/t20-,24+/m0/s1. The number of rotatable bonds is 3. The first-order valence-corrected chi connectivity index (χ1v) is 11.8. The Balaban J connectivity index is 1.60. The number of aliphatic hydroxyl groups is 2. The number of ether oxygens (including phenoxy) is 1. The lowest BCUT2D eigenvalue weighted by atomic mass is 9.59. The Morgan fingerprint density at radius 2 is 1.79 bits per heavy atom. The maximum Gasteiger partial charge on any atom is 0.416 e. The van der Waals surface area contributed by atoms with Crippen LogP contribution in [0.3, 0.4) is 0 Å². The van der Waals surface area contributed by atoms with Gasteiger partial charge in [-0.25, -0.2) is 0 Å². The summed E-state index contributed by atoms with van der Waals surface area (Å²) in [4.78, 5) is 5.07. The number of aliphatic hydroxyl groups excluding tert-OH is 2. The maximum atomic E-state index is 13.0. The van der Waals surface area contributed by atoms with E-state index < -0.39 is 23.9 Å². The van der Waals surface area contributed by atoms with Gasteiger partial charge in [0.15, 0.2) is 0 Å². The fourth-order valence-corrected chi connectivity index (χ4v) is 6.04. The van der Waals surface area contributed by atoms with Crippen LogP contribution in [0.5, 0.6) is 0 Å². The highest BCUT2D eigenvalue weighted by Crippen LogP contribution is 2.54. The molecular weight excluding hydrogens is 431 g/mol. The minimum absolute atomic E-state index is 0.109. The summed E-state index contributed by atoms with van der Waals surface area (Å²) in [6.07, 6.45) is 0.317. The van der Waals surface area contributed by atoms with Crippen molar-refractivity contribution in [1.29, 1.82) is 0 Å². The number of alkyl halides is 3. The number of nitrogens with zero attached hydrogens (tertiary/aromatic N) is 1. The molecule has 1 saturated heterocycles. The first-order valence-electron chi connectivity index (χ1n) is 11.8. The van der Waals surface area contributed by atoms with E-state index in [0.717, 1.165) is 66.8 Å². The average molecular weight is 462 g/mol. The van der Waals surface area contributed by atoms with Crippen molar-refractivity contribution in [1.82, 2.24) is 4.98 Å². The molecule has 1 aromatic heterocycles. The topological polar surface area (TPSA) is 62.6 Å². The molecule has 0 amide bonds. The van der Waals surface area contributed by atoms with E-state index in [2.05, 4.69) is 0 Å². The van der Waals surface area contributed by atoms with Crippen LogP contribution in [0.25, 0.3) is 0 Å². The molecule has 4 nitrogen and oxygen atoms in total. The van der Waals surface area contributed by atoms with Crippen molar-refractivity contribution in [2.45, 2.75) is 76.2 Å². The Hall–Kier alpha value is -1.96. The van der Waals surface area contributed by atoms with Crippen LogP contribution in [-0.2, 0) is 17.3 Å². The fourth-order valence-electron chi connectivity index (χ4n) is 6.04. The molecule has 3 aliphatic rings. The van der Waals surface area contributed by atoms with Gasteiger partial charge < -0.3 is 14.9 Å². The second kappa shape index (κ2) is 8.36. The molecule has 33 heavy (non-hydrogen) atoms. The van der Waals surface area contributed by atoms with Crippen molar-refractivity contribution in [2.24, 2.45) is 5.41 Å². The van der Waals surface area contributed by atoms with Crippen LogP contribution in [0.2, 0.25) is 0 Å². The molecule has 2 atom stereocenters. The molecule has 0 bridgehead atoms. The van der Waals surface area contributed by atoms with Crippen molar-refractivity contribution in [3.8, 4) is 0 Å². The van der Waals surface area contributed by atoms with Crippen molar-refractivity contribution in [3.05, 3.63) is 63.5 Å². The Morgan fingerprint density at radius 3 is 2.36 bits per heavy atom. The summed E-state index contributed by atoms with van der Waals surface area (Å²) in [5.74, 6) is 0.109. The second-order valence-electron chi connectivity index (χ2n) is 10.1. The third-order valence-electron chi connectivity index (χ3n) is 8.00. The zero-order valence-electron chi connectivity index (χ0n) is 18.8. The van der Waals surface area contributed by atoms with Crippen molar-refractivity contribution < 1.29 is 28.1 Å². The molecule has 2 N–H and O–H groups in total. The predicted molar refractivity (Wildman–Crippen MR) is 117 cm³/mol. The van der Waals surface area contributed by atoms with E-state index in [4.69, 9.17) is 9.72 Å². The Bertz CT molecular complexity index is 1020. The predicted octanol–water partition coefficient (Wildman–Crippen LogP) is 5.53. The van der Waals surface area contributed by atoms with Crippen molar-refractivity contribution in [2.75, 3.05) is 13.2 Å². The molecule has 5 rings (SSSR count). The monoisotopic (exact) mass is 461 g/mol. The highest BCUT2D eigenvalue weighted by molar-refractivity contribution is 5.48. The molecule has 0 radical (unpaired) electrons. The van der Waals surface area contributed by atoms with Crippen LogP contribution >= 0.6 is 0 Å². The zero-order valence-corrected chi connectivity index (χ0v) is 18.8. The number of hydrogen-bond donors (Lipinski definition) is 2. The lowest BCUT2D eigenvalue weighted by molar-refractivity contribution is -0.137. The Kier molecular flexibility index (Phi) is 5.78. The van der Waals surface area contributed by atoms with Gasteiger partial charge in [0.05, 0.1) is 17.4 Å². The van der Waals surface area contributed by atoms with Gasteiger partial charge in [-0.15, -0.1) is 0 Å². The van der Waals surface area contributed by atoms with Gasteiger partial charge in [-0.1, -0.05) is 18.6 Å². The second-order valence-corrected chi connectivity index (χ2v) is 10.1. The van der Waals surface area contributed by atoms with Crippen molar-refractivity contribution >= 4 is 0 Å². The molecule has 2 aliphatic carbocycles. The van der Waals surface area contributed by atoms with Gasteiger partial charge in [-0.05, 0) is 74.1 Å². The third-order valence-corrected chi connectivity index (χ3v) is 8.00. The fraction of sp³-hybridized carbons (Fsp3) is 0.577. The minimum Gasteiger partial charge on any atom is -0.388 e. The summed E-state index contributed by atoms with van der Waals surface area (Å²) in [6.45, 7) is 3.14. The molecule has 2 aromatic rings. The molecule has 2 fully saturated rings. The van der Waals surface area contributed by atoms with Crippen LogP contribution in [0, 0.1) is 12.3 Å². The zero-order chi connectivity index (χ0) is 23.4. The van der Waals surface area contributed by atoms with E-state index in [0.29, 0.717) is 30.8 Å². The third kappa shape index (κ3) is 4.08. The molecule has 1 aliphatic heterocycles. The summed E-state index contributed by atoms with van der Waals surface area (Å²) in [5.41, 5.74) is 3.75. The summed E-state index contributed by atoms with van der Waals surface area (Å²) >= 11 is 0. The normalized spacial score (nSPS) is 23.8. The number of hydrogen-bond acceptors (Lipinski definition) is 4. The van der Waals surface area contributed by atoms with Crippen LogP contribution in [0.15, 0.2) is 24.3 Å².